The van der Waals surface area contributed by atoms with Crippen LogP contribution in [-0.2, 0) is 0 Å². The maximum atomic E-state index is 0. The molecule has 5 heteroatoms. The molecule has 1 unspecified atom stereocenters. The molecule has 0 bridgehead atoms. The summed E-state index contributed by atoms with van der Waals surface area (Å²) >= 11 is 0. The van der Waals surface area contributed by atoms with Crippen LogP contribution in [0.25, 0.3) is 0 Å². The zero-order valence-corrected chi connectivity index (χ0v) is 5.70. The first-order valence-corrected chi connectivity index (χ1v) is 0. The van der Waals surface area contributed by atoms with Gasteiger partial charge in [0.1, 0.15) is 0 Å². The molecule has 0 aliphatic rings. The Balaban J connectivity index is 0. The van der Waals surface area contributed by atoms with Gasteiger partial charge in [-0.1, -0.05) is 0 Å². The van der Waals surface area contributed by atoms with E-state index in [2.05, 4.69) is 0 Å². The minimum Gasteiger partial charge on any atom is -0.412 e. The third-order valence-electron chi connectivity index (χ3n) is 0. The molecule has 0 spiro atoms. The van der Waals surface area contributed by atoms with Crippen LogP contribution >= 0.6 is 9.90 Å². The van der Waals surface area contributed by atoms with Crippen LogP contribution < -0.4 is 0 Å². The average molecular weight is 97.9 g/mol. The molecule has 0 aliphatic heterocycles. The van der Waals surface area contributed by atoms with E-state index in [9.17, 15) is 0 Å². The molecular weight excluding hydrogens is 92.8 g/mol. The molecule has 1 atom stereocenters. The fraction of sp³-hybridized carbons (Fsp3) is 0. The van der Waals surface area contributed by atoms with Crippen molar-refractivity contribution < 1.29 is 5.48 Å². The van der Waals surface area contributed by atoms with Gasteiger partial charge in [-0.25, -0.2) is 0 Å². The van der Waals surface area contributed by atoms with Crippen LogP contribution in [0, 0.1) is 0 Å². The van der Waals surface area contributed by atoms with Crippen LogP contribution in [-0.4, -0.2) is 43.7 Å². The summed E-state index contributed by atoms with van der Waals surface area (Å²) in [6.07, 6.45) is 0. The van der Waals surface area contributed by atoms with E-state index in [0.717, 1.165) is 0 Å². The van der Waals surface area contributed by atoms with Crippen LogP contribution in [0.15, 0.2) is 0 Å². The summed E-state index contributed by atoms with van der Waals surface area (Å²) in [6.45, 7) is 0. The Kier molecular flexibility index (Phi) is 1290. The molecule has 0 saturated heterocycles. The molecule has 0 rings (SSSR count). The van der Waals surface area contributed by atoms with Crippen molar-refractivity contribution in [2.24, 2.45) is 0 Å². The normalized spacial score (nSPS) is 0. The number of rotatable bonds is 0. The van der Waals surface area contributed by atoms with Gasteiger partial charge in [0.05, 0.1) is 0 Å². The average Bonchev–Trinajstić information content (AvgIpc) is 0. The Bertz CT molecular complexity index is 11.6. The van der Waals surface area contributed by atoms with Gasteiger partial charge in [0.15, 0.2) is 0 Å². The fourth-order valence-corrected chi connectivity index (χ4v) is 0. The topological polar surface area (TPSA) is 31.5 Å². The van der Waals surface area contributed by atoms with Gasteiger partial charge in [-0.3, -0.25) is 0 Å². The second-order valence-corrected chi connectivity index (χ2v) is 0. The molecule has 8 radical (unpaired) electrons. The van der Waals surface area contributed by atoms with Crippen LogP contribution in [0.1, 0.15) is 0 Å². The second-order valence-electron chi connectivity index (χ2n) is 0. The Hall–Kier alpha value is 1.27. The summed E-state index contributed by atoms with van der Waals surface area (Å²) < 4.78 is 0. The van der Waals surface area contributed by atoms with Gasteiger partial charge >= 0.3 is 0 Å². The van der Waals surface area contributed by atoms with Crippen molar-refractivity contribution in [1.29, 1.82) is 0 Å². The summed E-state index contributed by atoms with van der Waals surface area (Å²) in [5.74, 6) is 0. The Morgan fingerprint density at radius 2 is 1.00 bits per heavy atom. The predicted molar refractivity (Wildman–Crippen MR) is 32.0 cm³/mol. The molecule has 0 heterocycles. The zero-order valence-electron chi connectivity index (χ0n) is 3.28. The fourth-order valence-electron chi connectivity index (χ4n) is 0. The van der Waals surface area contributed by atoms with Crippen molar-refractivity contribution in [2.45, 2.75) is 0 Å². The molecule has 0 aromatic carbocycles. The SMILES string of the molecule is O.P.[B].[Li].[Si]. The molecular formula is H5BLiOPSi. The quantitative estimate of drug-likeness (QED) is 0.250. The van der Waals surface area contributed by atoms with Gasteiger partial charge < -0.3 is 5.48 Å². The summed E-state index contributed by atoms with van der Waals surface area (Å²) in [5, 5.41) is 0. The first-order chi connectivity index (χ1) is 0. The van der Waals surface area contributed by atoms with E-state index in [1.165, 1.54) is 0 Å². The first kappa shape index (κ1) is 108. The van der Waals surface area contributed by atoms with Gasteiger partial charge in [-0.05, 0) is 0 Å². The van der Waals surface area contributed by atoms with Crippen LogP contribution in [0.2, 0.25) is 0 Å². The van der Waals surface area contributed by atoms with E-state index in [0.29, 0.717) is 0 Å². The first-order valence-electron chi connectivity index (χ1n) is 0. The largest absolute Gasteiger partial charge is 0.412 e. The van der Waals surface area contributed by atoms with Gasteiger partial charge in [-0.15, -0.1) is 0 Å². The molecule has 0 amide bonds. The minimum absolute atomic E-state index is 0. The summed E-state index contributed by atoms with van der Waals surface area (Å²) in [5.41, 5.74) is 0. The molecule has 0 fully saturated rings. The van der Waals surface area contributed by atoms with E-state index < -0.39 is 0 Å². The van der Waals surface area contributed by atoms with Gasteiger partial charge in [0, 0.05) is 38.2 Å². The maximum Gasteiger partial charge on any atom is 0 e. The minimum atomic E-state index is 0. The van der Waals surface area contributed by atoms with E-state index in [4.69, 9.17) is 0 Å². The molecule has 0 aromatic heterocycles. The van der Waals surface area contributed by atoms with E-state index in [1.807, 2.05) is 0 Å². The summed E-state index contributed by atoms with van der Waals surface area (Å²) in [6, 6.07) is 0. The number of hydrogen-bond donors (Lipinski definition) is 0. The van der Waals surface area contributed by atoms with Gasteiger partial charge in [-0.2, -0.15) is 9.90 Å². The molecule has 0 aromatic rings. The van der Waals surface area contributed by atoms with Crippen molar-refractivity contribution >= 4 is 48.1 Å². The molecule has 2 N–H and O–H groups in total. The molecule has 5 heavy (non-hydrogen) atoms. The third kappa shape index (κ3) is 35.0. The Morgan fingerprint density at radius 3 is 1.00 bits per heavy atom. The molecule has 0 saturated carbocycles. The number of hydrogen-bond acceptors (Lipinski definition) is 0. The smallest absolute Gasteiger partial charge is 0 e. The van der Waals surface area contributed by atoms with Crippen molar-refractivity contribution in [3.63, 3.8) is 0 Å². The van der Waals surface area contributed by atoms with Crippen molar-refractivity contribution in [3.05, 3.63) is 0 Å². The van der Waals surface area contributed by atoms with Crippen molar-refractivity contribution in [1.82, 2.24) is 0 Å². The van der Waals surface area contributed by atoms with Gasteiger partial charge in [0.25, 0.3) is 0 Å². The Morgan fingerprint density at radius 1 is 1.00 bits per heavy atom. The third-order valence-corrected chi connectivity index (χ3v) is 0. The van der Waals surface area contributed by atoms with E-state index in [1.54, 1.807) is 0 Å². The zero-order chi connectivity index (χ0) is 0. The molecule has 0 aliphatic carbocycles. The maximum absolute atomic E-state index is 0. The Labute approximate surface area is 54.0 Å². The monoisotopic (exact) mass is 98.0 g/mol. The predicted octanol–water partition coefficient (Wildman–Crippen LogP) is -1.91. The van der Waals surface area contributed by atoms with E-state index in [-0.39, 0.29) is 53.6 Å². The molecule has 1 nitrogen and oxygen atoms in total. The second kappa shape index (κ2) is 59.6. The van der Waals surface area contributed by atoms with E-state index >= 15 is 0 Å². The summed E-state index contributed by atoms with van der Waals surface area (Å²) in [7, 11) is 0. The van der Waals surface area contributed by atoms with Crippen molar-refractivity contribution in [2.75, 3.05) is 0 Å². The van der Waals surface area contributed by atoms with Crippen LogP contribution in [0.5, 0.6) is 0 Å². The summed E-state index contributed by atoms with van der Waals surface area (Å²) in [4.78, 5) is 0. The molecule has 24 valence electrons. The standard InChI is InChI=1S/B.Li.H2O.H3P.Si/h;;1H2;1H3;. The van der Waals surface area contributed by atoms with Crippen LogP contribution in [0.4, 0.5) is 0 Å². The van der Waals surface area contributed by atoms with Crippen LogP contribution in [0.3, 0.4) is 0 Å². The van der Waals surface area contributed by atoms with Gasteiger partial charge in [0.2, 0.25) is 0 Å². The van der Waals surface area contributed by atoms with Crippen molar-refractivity contribution in [3.8, 4) is 0 Å².